The summed E-state index contributed by atoms with van der Waals surface area (Å²) in [5.74, 6) is 0.450. The highest BCUT2D eigenvalue weighted by Crippen LogP contribution is 2.30. The molecule has 0 atom stereocenters. The van der Waals surface area contributed by atoms with E-state index in [1.54, 1.807) is 6.20 Å². The van der Waals surface area contributed by atoms with Gasteiger partial charge in [-0.1, -0.05) is 30.3 Å². The minimum Gasteiger partial charge on any atom is -0.470 e. The van der Waals surface area contributed by atoms with E-state index in [1.807, 2.05) is 48.7 Å². The van der Waals surface area contributed by atoms with E-state index in [0.29, 0.717) is 19.0 Å². The van der Waals surface area contributed by atoms with Crippen LogP contribution in [0.4, 0.5) is 4.39 Å². The number of halogens is 1. The molecule has 1 aromatic carbocycles. The second kappa shape index (κ2) is 6.13. The molecular weight excluding hydrogens is 281 g/mol. The molecule has 0 amide bonds. The van der Waals surface area contributed by atoms with Gasteiger partial charge in [-0.3, -0.25) is 0 Å². The molecule has 0 aliphatic carbocycles. The standard InChI is InChI=1S/C17H18FN3O/c1-12-13(2)21(9-8-18)16-15(12)10-19-20-17(16)22-11-14-6-4-3-5-7-14/h3-7,10H,8-9,11H2,1-2H3. The van der Waals surface area contributed by atoms with Crippen LogP contribution in [0.15, 0.2) is 36.5 Å². The third-order valence-electron chi connectivity index (χ3n) is 3.94. The maximum absolute atomic E-state index is 12.9. The fourth-order valence-electron chi connectivity index (χ4n) is 2.65. The third kappa shape index (κ3) is 2.54. The van der Waals surface area contributed by atoms with E-state index in [-0.39, 0.29) is 0 Å². The van der Waals surface area contributed by atoms with Crippen molar-refractivity contribution in [2.45, 2.75) is 27.0 Å². The Hall–Kier alpha value is -2.43. The number of fused-ring (bicyclic) bond motifs is 1. The lowest BCUT2D eigenvalue weighted by Gasteiger charge is -2.10. The summed E-state index contributed by atoms with van der Waals surface area (Å²) in [5, 5.41) is 9.08. The first kappa shape index (κ1) is 14.5. The smallest absolute Gasteiger partial charge is 0.258 e. The van der Waals surface area contributed by atoms with Crippen molar-refractivity contribution < 1.29 is 9.13 Å². The SMILES string of the molecule is Cc1c(C)n(CCF)c2c(OCc3ccccc3)nncc12. The molecular formula is C17H18FN3O. The summed E-state index contributed by atoms with van der Waals surface area (Å²) >= 11 is 0. The Labute approximate surface area is 128 Å². The minimum absolute atomic E-state index is 0.295. The van der Waals surface area contributed by atoms with Gasteiger partial charge in [-0.2, -0.15) is 5.10 Å². The van der Waals surface area contributed by atoms with Crippen molar-refractivity contribution in [2.75, 3.05) is 6.67 Å². The van der Waals surface area contributed by atoms with Crippen LogP contribution in [-0.4, -0.2) is 21.4 Å². The van der Waals surface area contributed by atoms with Crippen LogP contribution in [0, 0.1) is 13.8 Å². The lowest BCUT2D eigenvalue weighted by atomic mass is 10.2. The van der Waals surface area contributed by atoms with Crippen molar-refractivity contribution >= 4 is 10.9 Å². The fourth-order valence-corrected chi connectivity index (χ4v) is 2.65. The topological polar surface area (TPSA) is 39.9 Å². The molecule has 3 rings (SSSR count). The summed E-state index contributed by atoms with van der Waals surface area (Å²) in [6, 6.07) is 9.87. The average Bonchev–Trinajstić information content (AvgIpc) is 2.80. The van der Waals surface area contributed by atoms with Crippen molar-refractivity contribution in [3.63, 3.8) is 0 Å². The molecule has 0 radical (unpaired) electrons. The van der Waals surface area contributed by atoms with E-state index in [9.17, 15) is 4.39 Å². The third-order valence-corrected chi connectivity index (χ3v) is 3.94. The van der Waals surface area contributed by atoms with Gasteiger partial charge in [0.1, 0.15) is 18.8 Å². The molecule has 2 heterocycles. The monoisotopic (exact) mass is 299 g/mol. The quantitative estimate of drug-likeness (QED) is 0.722. The molecule has 2 aromatic heterocycles. The zero-order chi connectivity index (χ0) is 15.5. The van der Waals surface area contributed by atoms with E-state index < -0.39 is 6.67 Å². The molecule has 0 fully saturated rings. The number of benzene rings is 1. The number of rotatable bonds is 5. The van der Waals surface area contributed by atoms with Crippen LogP contribution in [0.2, 0.25) is 0 Å². The van der Waals surface area contributed by atoms with Gasteiger partial charge >= 0.3 is 0 Å². The number of hydrogen-bond donors (Lipinski definition) is 0. The molecule has 3 aromatic rings. The molecule has 4 nitrogen and oxygen atoms in total. The molecule has 0 saturated heterocycles. The average molecular weight is 299 g/mol. The van der Waals surface area contributed by atoms with Gasteiger partial charge in [-0.25, -0.2) is 4.39 Å². The predicted octanol–water partition coefficient (Wildman–Crippen LogP) is 3.60. The summed E-state index contributed by atoms with van der Waals surface area (Å²) < 4.78 is 20.6. The van der Waals surface area contributed by atoms with Crippen LogP contribution in [-0.2, 0) is 13.2 Å². The van der Waals surface area contributed by atoms with E-state index in [0.717, 1.165) is 27.7 Å². The number of alkyl halides is 1. The van der Waals surface area contributed by atoms with Crippen LogP contribution in [0.5, 0.6) is 5.88 Å². The van der Waals surface area contributed by atoms with Gasteiger partial charge in [0.05, 0.1) is 12.7 Å². The van der Waals surface area contributed by atoms with Gasteiger partial charge in [0.2, 0.25) is 0 Å². The Morgan fingerprint density at radius 3 is 2.68 bits per heavy atom. The fraction of sp³-hybridized carbons (Fsp3) is 0.294. The van der Waals surface area contributed by atoms with Gasteiger partial charge in [0.15, 0.2) is 0 Å². The van der Waals surface area contributed by atoms with Crippen molar-refractivity contribution in [1.82, 2.24) is 14.8 Å². The molecule has 0 saturated carbocycles. The number of ether oxygens (including phenoxy) is 1. The molecule has 0 spiro atoms. The van der Waals surface area contributed by atoms with E-state index in [2.05, 4.69) is 10.2 Å². The second-order valence-electron chi connectivity index (χ2n) is 5.24. The molecule has 0 aliphatic rings. The Kier molecular flexibility index (Phi) is 4.04. The summed E-state index contributed by atoms with van der Waals surface area (Å²) in [6.45, 7) is 4.27. The van der Waals surface area contributed by atoms with Crippen molar-refractivity contribution in [2.24, 2.45) is 0 Å². The number of hydrogen-bond acceptors (Lipinski definition) is 3. The molecule has 0 unspecified atom stereocenters. The van der Waals surface area contributed by atoms with E-state index in [1.165, 1.54) is 0 Å². The first-order valence-corrected chi connectivity index (χ1v) is 7.26. The Bertz CT molecular complexity index is 783. The number of nitrogens with zero attached hydrogens (tertiary/aromatic N) is 3. The first-order chi connectivity index (χ1) is 10.7. The van der Waals surface area contributed by atoms with Crippen molar-refractivity contribution in [3.8, 4) is 5.88 Å². The predicted molar refractivity (Wildman–Crippen MR) is 83.8 cm³/mol. The Balaban J connectivity index is 2.00. The van der Waals surface area contributed by atoms with Gasteiger partial charge in [-0.15, -0.1) is 5.10 Å². The lowest BCUT2D eigenvalue weighted by molar-refractivity contribution is 0.292. The highest BCUT2D eigenvalue weighted by atomic mass is 19.1. The second-order valence-corrected chi connectivity index (χ2v) is 5.24. The molecule has 0 N–H and O–H groups in total. The Morgan fingerprint density at radius 2 is 1.95 bits per heavy atom. The van der Waals surface area contributed by atoms with Gasteiger partial charge in [0, 0.05) is 11.1 Å². The number of aromatic nitrogens is 3. The summed E-state index contributed by atoms with van der Waals surface area (Å²) in [4.78, 5) is 0. The lowest BCUT2D eigenvalue weighted by Crippen LogP contribution is -2.05. The summed E-state index contributed by atoms with van der Waals surface area (Å²) in [6.07, 6.45) is 1.71. The molecule has 0 bridgehead atoms. The van der Waals surface area contributed by atoms with E-state index in [4.69, 9.17) is 4.74 Å². The Morgan fingerprint density at radius 1 is 1.18 bits per heavy atom. The zero-order valence-electron chi connectivity index (χ0n) is 12.7. The molecule has 22 heavy (non-hydrogen) atoms. The van der Waals surface area contributed by atoms with Crippen LogP contribution in [0.25, 0.3) is 10.9 Å². The van der Waals surface area contributed by atoms with Crippen LogP contribution in [0.3, 0.4) is 0 Å². The zero-order valence-corrected chi connectivity index (χ0v) is 12.7. The van der Waals surface area contributed by atoms with Crippen molar-refractivity contribution in [3.05, 3.63) is 53.3 Å². The summed E-state index contributed by atoms with van der Waals surface area (Å²) in [7, 11) is 0. The highest BCUT2D eigenvalue weighted by molar-refractivity contribution is 5.88. The largest absolute Gasteiger partial charge is 0.470 e. The highest BCUT2D eigenvalue weighted by Gasteiger charge is 2.16. The van der Waals surface area contributed by atoms with E-state index >= 15 is 0 Å². The van der Waals surface area contributed by atoms with Crippen LogP contribution >= 0.6 is 0 Å². The number of aryl methyl sites for hydroxylation is 2. The summed E-state index contributed by atoms with van der Waals surface area (Å²) in [5.41, 5.74) is 3.98. The molecule has 114 valence electrons. The van der Waals surface area contributed by atoms with Crippen molar-refractivity contribution in [1.29, 1.82) is 0 Å². The van der Waals surface area contributed by atoms with Crippen LogP contribution < -0.4 is 4.74 Å². The minimum atomic E-state index is -0.426. The van der Waals surface area contributed by atoms with Crippen LogP contribution in [0.1, 0.15) is 16.8 Å². The van der Waals surface area contributed by atoms with Gasteiger partial charge < -0.3 is 9.30 Å². The molecule has 0 aliphatic heterocycles. The van der Waals surface area contributed by atoms with Gasteiger partial charge in [0.25, 0.3) is 5.88 Å². The maximum Gasteiger partial charge on any atom is 0.258 e. The first-order valence-electron chi connectivity index (χ1n) is 7.26. The molecule has 5 heteroatoms. The van der Waals surface area contributed by atoms with Gasteiger partial charge in [-0.05, 0) is 25.0 Å². The maximum atomic E-state index is 12.9. The normalized spacial score (nSPS) is 11.0.